The van der Waals surface area contributed by atoms with E-state index in [1.165, 1.54) is 5.56 Å². The lowest BCUT2D eigenvalue weighted by atomic mass is 10.1. The van der Waals surface area contributed by atoms with E-state index < -0.39 is 10.0 Å². The first-order valence-corrected chi connectivity index (χ1v) is 8.82. The monoisotopic (exact) mass is 297 g/mol. The molecule has 0 radical (unpaired) electrons. The van der Waals surface area contributed by atoms with Crippen LogP contribution < -0.4 is 4.72 Å². The fourth-order valence-corrected chi connectivity index (χ4v) is 4.18. The first-order valence-electron chi connectivity index (χ1n) is 7.17. The van der Waals surface area contributed by atoms with Crippen molar-refractivity contribution in [3.63, 3.8) is 0 Å². The molecule has 20 heavy (non-hydrogen) atoms. The summed E-state index contributed by atoms with van der Waals surface area (Å²) >= 11 is 0. The molecule has 1 saturated heterocycles. The number of nitrogens with one attached hydrogen (secondary N) is 1. The normalized spacial score (nSPS) is 20.9. The zero-order chi connectivity index (χ0) is 14.4. The molecule has 112 valence electrons. The van der Waals surface area contributed by atoms with E-state index in [2.05, 4.69) is 16.9 Å². The molecule has 1 heterocycles. The van der Waals surface area contributed by atoms with Gasteiger partial charge in [0.05, 0.1) is 12.4 Å². The van der Waals surface area contributed by atoms with Crippen LogP contribution in [0.2, 0.25) is 0 Å². The summed E-state index contributed by atoms with van der Waals surface area (Å²) in [7, 11) is -3.20. The van der Waals surface area contributed by atoms with Gasteiger partial charge >= 0.3 is 0 Å². The fraction of sp³-hybridized carbons (Fsp3) is 0.600. The van der Waals surface area contributed by atoms with Gasteiger partial charge in [-0.3, -0.25) is 0 Å². The van der Waals surface area contributed by atoms with Crippen LogP contribution in [-0.4, -0.2) is 33.4 Å². The second-order valence-electron chi connectivity index (χ2n) is 5.55. The second-order valence-corrected chi connectivity index (χ2v) is 7.35. The Morgan fingerprint density at radius 1 is 1.35 bits per heavy atom. The maximum atomic E-state index is 12.0. The first kappa shape index (κ1) is 15.5. The number of sulfonamides is 1. The highest BCUT2D eigenvalue weighted by atomic mass is 32.2. The molecule has 0 spiro atoms. The van der Waals surface area contributed by atoms with Gasteiger partial charge in [-0.15, -0.1) is 0 Å². The molecule has 0 amide bonds. The second kappa shape index (κ2) is 7.20. The van der Waals surface area contributed by atoms with Crippen molar-refractivity contribution >= 4 is 10.0 Å². The molecule has 1 N–H and O–H groups in total. The molecule has 1 aliphatic heterocycles. The lowest BCUT2D eigenvalue weighted by Gasteiger charge is -2.16. The Morgan fingerprint density at radius 3 is 2.75 bits per heavy atom. The SMILES string of the molecule is C[C@@H](CCc1ccccc1)NS(=O)(=O)C[C@H]1CCOC1. The zero-order valence-electron chi connectivity index (χ0n) is 11.9. The summed E-state index contributed by atoms with van der Waals surface area (Å²) in [5.41, 5.74) is 1.24. The van der Waals surface area contributed by atoms with E-state index in [0.717, 1.165) is 19.3 Å². The molecule has 2 atom stereocenters. The van der Waals surface area contributed by atoms with Crippen LogP contribution in [0.5, 0.6) is 0 Å². The number of rotatable bonds is 7. The van der Waals surface area contributed by atoms with Crippen LogP contribution in [0.3, 0.4) is 0 Å². The van der Waals surface area contributed by atoms with Crippen LogP contribution in [0.25, 0.3) is 0 Å². The van der Waals surface area contributed by atoms with Crippen molar-refractivity contribution in [1.82, 2.24) is 4.72 Å². The zero-order valence-corrected chi connectivity index (χ0v) is 12.7. The highest BCUT2D eigenvalue weighted by Crippen LogP contribution is 2.14. The Labute approximate surface area is 121 Å². The van der Waals surface area contributed by atoms with E-state index in [0.29, 0.717) is 13.2 Å². The Morgan fingerprint density at radius 2 is 2.10 bits per heavy atom. The predicted molar refractivity (Wildman–Crippen MR) is 80.1 cm³/mol. The van der Waals surface area contributed by atoms with Crippen molar-refractivity contribution < 1.29 is 13.2 Å². The number of aryl methyl sites for hydroxylation is 1. The Kier molecular flexibility index (Phi) is 5.57. The molecule has 2 rings (SSSR count). The van der Waals surface area contributed by atoms with Gasteiger partial charge in [0, 0.05) is 12.6 Å². The molecule has 5 heteroatoms. The summed E-state index contributed by atoms with van der Waals surface area (Å²) in [5, 5.41) is 0. The van der Waals surface area contributed by atoms with Crippen LogP contribution in [0.1, 0.15) is 25.3 Å². The van der Waals surface area contributed by atoms with Crippen molar-refractivity contribution in [2.45, 2.75) is 32.2 Å². The van der Waals surface area contributed by atoms with Crippen LogP contribution >= 0.6 is 0 Å². The number of ether oxygens (including phenoxy) is 1. The van der Waals surface area contributed by atoms with Crippen LogP contribution in [0, 0.1) is 5.92 Å². The van der Waals surface area contributed by atoms with Crippen molar-refractivity contribution in [1.29, 1.82) is 0 Å². The van der Waals surface area contributed by atoms with Gasteiger partial charge in [-0.05, 0) is 37.7 Å². The molecule has 1 aromatic carbocycles. The summed E-state index contributed by atoms with van der Waals surface area (Å²) in [4.78, 5) is 0. The summed E-state index contributed by atoms with van der Waals surface area (Å²) in [5.74, 6) is 0.330. The molecule has 0 aromatic heterocycles. The Balaban J connectivity index is 1.76. The predicted octanol–water partition coefficient (Wildman–Crippen LogP) is 1.96. The first-order chi connectivity index (χ1) is 9.55. The summed E-state index contributed by atoms with van der Waals surface area (Å²) in [6.45, 7) is 3.18. The molecular formula is C15H23NO3S. The Hall–Kier alpha value is -0.910. The largest absolute Gasteiger partial charge is 0.381 e. The maximum Gasteiger partial charge on any atom is 0.212 e. The van der Waals surface area contributed by atoms with Gasteiger partial charge in [-0.1, -0.05) is 30.3 Å². The molecule has 0 aliphatic carbocycles. The molecule has 1 aromatic rings. The lowest BCUT2D eigenvalue weighted by molar-refractivity contribution is 0.188. The van der Waals surface area contributed by atoms with Crippen molar-refractivity contribution in [2.24, 2.45) is 5.92 Å². The third kappa shape index (κ3) is 5.23. The van der Waals surface area contributed by atoms with E-state index in [1.807, 2.05) is 25.1 Å². The molecule has 1 aliphatic rings. The minimum Gasteiger partial charge on any atom is -0.381 e. The van der Waals surface area contributed by atoms with E-state index >= 15 is 0 Å². The van der Waals surface area contributed by atoms with Crippen molar-refractivity contribution in [3.8, 4) is 0 Å². The highest BCUT2D eigenvalue weighted by molar-refractivity contribution is 7.89. The standard InChI is InChI=1S/C15H23NO3S/c1-13(7-8-14-5-3-2-4-6-14)16-20(17,18)12-15-9-10-19-11-15/h2-6,13,15-16H,7-12H2,1H3/t13-,15-/m0/s1. The third-order valence-corrected chi connectivity index (χ3v) is 5.24. The van der Waals surface area contributed by atoms with Crippen molar-refractivity contribution in [3.05, 3.63) is 35.9 Å². The van der Waals surface area contributed by atoms with Crippen LogP contribution in [0.15, 0.2) is 30.3 Å². The highest BCUT2D eigenvalue weighted by Gasteiger charge is 2.24. The molecular weight excluding hydrogens is 274 g/mol. The van der Waals surface area contributed by atoms with E-state index in [9.17, 15) is 8.42 Å². The van der Waals surface area contributed by atoms with Gasteiger partial charge in [-0.2, -0.15) is 0 Å². The van der Waals surface area contributed by atoms with Gasteiger partial charge in [0.25, 0.3) is 0 Å². The van der Waals surface area contributed by atoms with Gasteiger partial charge in [0.2, 0.25) is 10.0 Å². The van der Waals surface area contributed by atoms with Gasteiger partial charge < -0.3 is 4.74 Å². The number of hydrogen-bond donors (Lipinski definition) is 1. The Bertz CT molecular complexity index is 495. The topological polar surface area (TPSA) is 55.4 Å². The minimum atomic E-state index is -3.20. The minimum absolute atomic E-state index is 0.0393. The molecule has 0 bridgehead atoms. The van der Waals surface area contributed by atoms with Crippen LogP contribution in [0.4, 0.5) is 0 Å². The third-order valence-electron chi connectivity index (χ3n) is 3.57. The summed E-state index contributed by atoms with van der Waals surface area (Å²) in [6, 6.07) is 10.1. The van der Waals surface area contributed by atoms with Crippen molar-refractivity contribution in [2.75, 3.05) is 19.0 Å². The molecule has 1 fully saturated rings. The van der Waals surface area contributed by atoms with Crippen LogP contribution in [-0.2, 0) is 21.2 Å². The average Bonchev–Trinajstić information content (AvgIpc) is 2.89. The fourth-order valence-electron chi connectivity index (χ4n) is 2.47. The lowest BCUT2D eigenvalue weighted by Crippen LogP contribution is -2.36. The summed E-state index contributed by atoms with van der Waals surface area (Å²) in [6.07, 6.45) is 2.54. The van der Waals surface area contributed by atoms with E-state index in [4.69, 9.17) is 4.74 Å². The summed E-state index contributed by atoms with van der Waals surface area (Å²) < 4.78 is 32.1. The van der Waals surface area contributed by atoms with E-state index in [-0.39, 0.29) is 17.7 Å². The number of benzene rings is 1. The molecule has 0 unspecified atom stereocenters. The van der Waals surface area contributed by atoms with E-state index in [1.54, 1.807) is 0 Å². The van der Waals surface area contributed by atoms with Gasteiger partial charge in [0.1, 0.15) is 0 Å². The molecule has 4 nitrogen and oxygen atoms in total. The maximum absolute atomic E-state index is 12.0. The van der Waals surface area contributed by atoms with Gasteiger partial charge in [0.15, 0.2) is 0 Å². The smallest absolute Gasteiger partial charge is 0.212 e. The average molecular weight is 297 g/mol. The molecule has 0 saturated carbocycles. The quantitative estimate of drug-likeness (QED) is 0.837. The van der Waals surface area contributed by atoms with Gasteiger partial charge in [-0.25, -0.2) is 13.1 Å². The number of hydrogen-bond acceptors (Lipinski definition) is 3.